The van der Waals surface area contributed by atoms with Crippen molar-refractivity contribution in [2.24, 2.45) is 5.41 Å². The summed E-state index contributed by atoms with van der Waals surface area (Å²) in [5.74, 6) is 0.496. The maximum absolute atomic E-state index is 12.0. The molecule has 1 aromatic rings. The summed E-state index contributed by atoms with van der Waals surface area (Å²) in [5.41, 5.74) is 2.35. The van der Waals surface area contributed by atoms with Crippen molar-refractivity contribution in [1.29, 1.82) is 0 Å². The summed E-state index contributed by atoms with van der Waals surface area (Å²) in [6.45, 7) is 13.2. The Morgan fingerprint density at radius 2 is 2.07 bits per heavy atom. The van der Waals surface area contributed by atoms with Gasteiger partial charge < -0.3 is 19.7 Å². The number of aromatic nitrogens is 2. The van der Waals surface area contributed by atoms with Crippen LogP contribution in [0.15, 0.2) is 6.20 Å². The largest absolute Gasteiger partial charge is 0.444 e. The molecule has 0 atom stereocenters. The molecular weight excluding hydrogens is 380 g/mol. The van der Waals surface area contributed by atoms with Crippen molar-refractivity contribution in [2.45, 2.75) is 90.4 Å². The van der Waals surface area contributed by atoms with Gasteiger partial charge in [-0.15, -0.1) is 0 Å². The minimum absolute atomic E-state index is 0.0982. The van der Waals surface area contributed by atoms with E-state index in [9.17, 15) is 4.79 Å². The van der Waals surface area contributed by atoms with E-state index in [1.807, 2.05) is 27.0 Å². The molecule has 2 N–H and O–H groups in total. The number of aromatic amines is 1. The zero-order chi connectivity index (χ0) is 22.0. The van der Waals surface area contributed by atoms with Crippen LogP contribution in [0.5, 0.6) is 0 Å². The summed E-state index contributed by atoms with van der Waals surface area (Å²) in [6.07, 6.45) is 7.40. The lowest BCUT2D eigenvalue weighted by atomic mass is 9.72. The van der Waals surface area contributed by atoms with Crippen LogP contribution in [0.1, 0.15) is 83.9 Å². The molecule has 0 bridgehead atoms. The minimum atomic E-state index is -0.470. The number of ether oxygens (including phenoxy) is 2. The Kier molecular flexibility index (Phi) is 6.82. The van der Waals surface area contributed by atoms with Gasteiger partial charge in [0.25, 0.3) is 0 Å². The Bertz CT molecular complexity index is 714. The van der Waals surface area contributed by atoms with E-state index in [0.717, 1.165) is 38.8 Å². The second-order valence-corrected chi connectivity index (χ2v) is 11.0. The standard InChI is InChI=1S/C23H40N4O3/c1-21(2,3)30-20(28)27(6)12-11-24-13-18-14-25-26-19(18)17-7-9-23(10-8-17)15-22(4,5)16-29-23/h14,17,24H,7-13,15-16H2,1-6H3,(H,25,26)/t17-,23-. The van der Waals surface area contributed by atoms with Crippen LogP contribution in [0.2, 0.25) is 0 Å². The lowest BCUT2D eigenvalue weighted by Gasteiger charge is -2.37. The van der Waals surface area contributed by atoms with Gasteiger partial charge in [-0.3, -0.25) is 5.10 Å². The van der Waals surface area contributed by atoms with Gasteiger partial charge >= 0.3 is 6.09 Å². The minimum Gasteiger partial charge on any atom is -0.444 e. The van der Waals surface area contributed by atoms with Crippen LogP contribution in [0.3, 0.4) is 0 Å². The Hall–Kier alpha value is -1.60. The first-order valence-electron chi connectivity index (χ1n) is 11.3. The predicted molar refractivity (Wildman–Crippen MR) is 117 cm³/mol. The normalized spacial score (nSPS) is 26.1. The summed E-state index contributed by atoms with van der Waals surface area (Å²) in [5, 5.41) is 11.1. The first kappa shape index (κ1) is 23.1. The fourth-order valence-electron chi connectivity index (χ4n) is 4.78. The van der Waals surface area contributed by atoms with E-state index < -0.39 is 5.60 Å². The molecular formula is C23H40N4O3. The van der Waals surface area contributed by atoms with Crippen molar-refractivity contribution in [3.63, 3.8) is 0 Å². The summed E-state index contributed by atoms with van der Waals surface area (Å²) in [6, 6.07) is 0. The highest BCUT2D eigenvalue weighted by Crippen LogP contribution is 2.49. The molecule has 1 amide bonds. The van der Waals surface area contributed by atoms with Gasteiger partial charge in [0.2, 0.25) is 0 Å². The number of hydrogen-bond donors (Lipinski definition) is 2. The molecule has 1 spiro atoms. The molecule has 2 aliphatic rings. The highest BCUT2D eigenvalue weighted by Gasteiger charge is 2.46. The molecule has 0 aromatic carbocycles. The molecule has 0 unspecified atom stereocenters. The van der Waals surface area contributed by atoms with Crippen LogP contribution in [-0.4, -0.2) is 59.1 Å². The van der Waals surface area contributed by atoms with Crippen LogP contribution in [0.4, 0.5) is 4.79 Å². The topological polar surface area (TPSA) is 79.5 Å². The third kappa shape index (κ3) is 5.97. The number of nitrogens with zero attached hydrogens (tertiary/aromatic N) is 2. The van der Waals surface area contributed by atoms with Crippen molar-refractivity contribution in [3.05, 3.63) is 17.5 Å². The summed E-state index contributed by atoms with van der Waals surface area (Å²) in [7, 11) is 1.77. The van der Waals surface area contributed by atoms with Crippen LogP contribution in [-0.2, 0) is 16.0 Å². The highest BCUT2D eigenvalue weighted by molar-refractivity contribution is 5.67. The van der Waals surface area contributed by atoms with Gasteiger partial charge in [-0.1, -0.05) is 13.8 Å². The molecule has 2 heterocycles. The Morgan fingerprint density at radius 3 is 2.67 bits per heavy atom. The smallest absolute Gasteiger partial charge is 0.410 e. The zero-order valence-electron chi connectivity index (χ0n) is 19.6. The molecule has 3 rings (SSSR count). The second-order valence-electron chi connectivity index (χ2n) is 11.0. The summed E-state index contributed by atoms with van der Waals surface area (Å²) < 4.78 is 11.6. The van der Waals surface area contributed by atoms with Gasteiger partial charge in [0.1, 0.15) is 5.60 Å². The monoisotopic (exact) mass is 420 g/mol. The number of carbonyl (C=O) groups excluding carboxylic acids is 1. The number of rotatable bonds is 6. The van der Waals surface area contributed by atoms with E-state index in [-0.39, 0.29) is 11.7 Å². The van der Waals surface area contributed by atoms with Crippen LogP contribution in [0, 0.1) is 5.41 Å². The van der Waals surface area contributed by atoms with Crippen molar-refractivity contribution in [1.82, 2.24) is 20.4 Å². The SMILES string of the molecule is CN(CCNCc1c[nH]nc1[C@H]1CC[C@]2(CC1)CC(C)(C)CO2)C(=O)OC(C)(C)C. The lowest BCUT2D eigenvalue weighted by molar-refractivity contribution is -0.0296. The average molecular weight is 421 g/mol. The molecule has 7 heteroatoms. The molecule has 30 heavy (non-hydrogen) atoms. The van der Waals surface area contributed by atoms with E-state index in [0.29, 0.717) is 24.4 Å². The van der Waals surface area contributed by atoms with Gasteiger partial charge in [0, 0.05) is 44.4 Å². The number of carbonyl (C=O) groups is 1. The first-order valence-corrected chi connectivity index (χ1v) is 11.3. The molecule has 1 aliphatic carbocycles. The quantitative estimate of drug-likeness (QED) is 0.674. The van der Waals surface area contributed by atoms with Crippen LogP contribution >= 0.6 is 0 Å². The van der Waals surface area contributed by atoms with Crippen molar-refractivity contribution in [2.75, 3.05) is 26.7 Å². The van der Waals surface area contributed by atoms with Gasteiger partial charge in [-0.05, 0) is 58.3 Å². The van der Waals surface area contributed by atoms with Crippen molar-refractivity contribution >= 4 is 6.09 Å². The molecule has 1 aromatic heterocycles. The fourth-order valence-corrected chi connectivity index (χ4v) is 4.78. The Balaban J connectivity index is 1.44. The number of hydrogen-bond acceptors (Lipinski definition) is 5. The van der Waals surface area contributed by atoms with E-state index >= 15 is 0 Å². The molecule has 7 nitrogen and oxygen atoms in total. The van der Waals surface area contributed by atoms with E-state index in [4.69, 9.17) is 9.47 Å². The van der Waals surface area contributed by atoms with Crippen LogP contribution in [0.25, 0.3) is 0 Å². The maximum atomic E-state index is 12.0. The number of likely N-dealkylation sites (N-methyl/N-ethyl adjacent to an activating group) is 1. The summed E-state index contributed by atoms with van der Waals surface area (Å²) in [4.78, 5) is 13.6. The van der Waals surface area contributed by atoms with E-state index in [1.165, 1.54) is 17.7 Å². The van der Waals surface area contributed by atoms with Crippen LogP contribution < -0.4 is 5.32 Å². The van der Waals surface area contributed by atoms with E-state index in [2.05, 4.69) is 29.4 Å². The van der Waals surface area contributed by atoms with Gasteiger partial charge in [0.15, 0.2) is 0 Å². The third-order valence-electron chi connectivity index (χ3n) is 6.25. The Labute approximate surface area is 181 Å². The van der Waals surface area contributed by atoms with Gasteiger partial charge in [0.05, 0.1) is 17.9 Å². The maximum Gasteiger partial charge on any atom is 0.410 e. The second kappa shape index (κ2) is 8.87. The number of nitrogens with one attached hydrogen (secondary N) is 2. The third-order valence-corrected chi connectivity index (χ3v) is 6.25. The van der Waals surface area contributed by atoms with E-state index in [1.54, 1.807) is 11.9 Å². The molecule has 170 valence electrons. The number of amides is 1. The van der Waals surface area contributed by atoms with Crippen molar-refractivity contribution < 1.29 is 14.3 Å². The summed E-state index contributed by atoms with van der Waals surface area (Å²) >= 11 is 0. The van der Waals surface area contributed by atoms with Gasteiger partial charge in [-0.2, -0.15) is 5.10 Å². The molecule has 2 fully saturated rings. The molecule has 0 radical (unpaired) electrons. The molecule has 1 saturated heterocycles. The highest BCUT2D eigenvalue weighted by atomic mass is 16.6. The first-order chi connectivity index (χ1) is 14.0. The van der Waals surface area contributed by atoms with Crippen molar-refractivity contribution in [3.8, 4) is 0 Å². The average Bonchev–Trinajstić information content (AvgIpc) is 3.22. The fraction of sp³-hybridized carbons (Fsp3) is 0.826. The molecule has 1 aliphatic heterocycles. The van der Waals surface area contributed by atoms with Gasteiger partial charge in [-0.25, -0.2) is 4.79 Å². The number of H-pyrrole nitrogens is 1. The zero-order valence-corrected chi connectivity index (χ0v) is 19.6. The molecule has 1 saturated carbocycles. The lowest BCUT2D eigenvalue weighted by Crippen LogP contribution is -2.38. The Morgan fingerprint density at radius 1 is 1.37 bits per heavy atom. The predicted octanol–water partition coefficient (Wildman–Crippen LogP) is 4.21.